The third-order valence-corrected chi connectivity index (χ3v) is 4.04. The van der Waals surface area contributed by atoms with E-state index in [4.69, 9.17) is 0 Å². The van der Waals surface area contributed by atoms with Gasteiger partial charge in [0.15, 0.2) is 0 Å². The molecule has 3 heterocycles. The molecule has 0 aromatic carbocycles. The van der Waals surface area contributed by atoms with E-state index >= 15 is 0 Å². The molecule has 2 aromatic rings. The quantitative estimate of drug-likeness (QED) is 0.922. The maximum absolute atomic E-state index is 4.65. The van der Waals surface area contributed by atoms with Crippen LogP contribution in [-0.2, 0) is 6.42 Å². The molecule has 1 aliphatic rings. The van der Waals surface area contributed by atoms with Crippen LogP contribution >= 0.6 is 15.9 Å². The molecule has 0 saturated carbocycles. The van der Waals surface area contributed by atoms with Crippen molar-refractivity contribution in [2.75, 3.05) is 6.54 Å². The van der Waals surface area contributed by atoms with E-state index in [0.717, 1.165) is 23.4 Å². The molecule has 1 N–H and O–H groups in total. The number of imidazole rings is 1. The molecule has 0 bridgehead atoms. The maximum Gasteiger partial charge on any atom is 0.132 e. The number of aryl methyl sites for hydroxylation is 1. The van der Waals surface area contributed by atoms with Gasteiger partial charge in [0.2, 0.25) is 0 Å². The summed E-state index contributed by atoms with van der Waals surface area (Å²) in [6, 6.07) is 4.80. The van der Waals surface area contributed by atoms with E-state index in [9.17, 15) is 0 Å². The Morgan fingerprint density at radius 2 is 2.47 bits per heavy atom. The van der Waals surface area contributed by atoms with Crippen LogP contribution in [0.4, 0.5) is 0 Å². The zero-order valence-corrected chi connectivity index (χ0v) is 11.5. The Balaban J connectivity index is 2.01. The minimum absolute atomic E-state index is 0.591. The Bertz CT molecular complexity index is 541. The van der Waals surface area contributed by atoms with Crippen molar-refractivity contribution in [2.45, 2.75) is 32.2 Å². The molecule has 2 aromatic heterocycles. The van der Waals surface area contributed by atoms with Gasteiger partial charge in [-0.2, -0.15) is 0 Å². The molecule has 0 aliphatic carbocycles. The summed E-state index contributed by atoms with van der Waals surface area (Å²) in [6.45, 7) is 3.27. The van der Waals surface area contributed by atoms with Gasteiger partial charge in [0.25, 0.3) is 0 Å². The van der Waals surface area contributed by atoms with E-state index in [-0.39, 0.29) is 0 Å². The second kappa shape index (κ2) is 4.42. The molecule has 17 heavy (non-hydrogen) atoms. The molecule has 90 valence electrons. The second-order valence-electron chi connectivity index (χ2n) is 4.73. The number of rotatable bonds is 2. The van der Waals surface area contributed by atoms with Crippen LogP contribution in [0.3, 0.4) is 0 Å². The van der Waals surface area contributed by atoms with Gasteiger partial charge in [-0.1, -0.05) is 6.07 Å². The number of halogens is 1. The zero-order valence-electron chi connectivity index (χ0n) is 9.91. The van der Waals surface area contributed by atoms with E-state index < -0.39 is 0 Å². The van der Waals surface area contributed by atoms with Crippen molar-refractivity contribution in [3.8, 4) is 0 Å². The van der Waals surface area contributed by atoms with Crippen LogP contribution in [0.15, 0.2) is 22.9 Å². The first-order valence-corrected chi connectivity index (χ1v) is 6.90. The van der Waals surface area contributed by atoms with Gasteiger partial charge >= 0.3 is 0 Å². The van der Waals surface area contributed by atoms with E-state index in [1.54, 1.807) is 0 Å². The predicted octanol–water partition coefficient (Wildman–Crippen LogP) is 2.70. The van der Waals surface area contributed by atoms with Gasteiger partial charge in [-0.05, 0) is 53.9 Å². The lowest BCUT2D eigenvalue weighted by Crippen LogP contribution is -2.24. The first-order chi connectivity index (χ1) is 8.25. The van der Waals surface area contributed by atoms with Crippen LogP contribution in [0, 0.1) is 6.92 Å². The van der Waals surface area contributed by atoms with Crippen molar-refractivity contribution in [1.82, 2.24) is 14.7 Å². The van der Waals surface area contributed by atoms with Crippen LogP contribution in [-0.4, -0.2) is 22.0 Å². The molecular weight excluding hydrogens is 278 g/mol. The van der Waals surface area contributed by atoms with Gasteiger partial charge in [0.1, 0.15) is 10.4 Å². The van der Waals surface area contributed by atoms with Gasteiger partial charge in [-0.3, -0.25) is 0 Å². The Hall–Kier alpha value is -0.870. The number of nitrogens with zero attached hydrogens (tertiary/aromatic N) is 2. The molecule has 4 heteroatoms. The zero-order chi connectivity index (χ0) is 11.8. The minimum atomic E-state index is 0.591. The standard InChI is InChI=1S/C13H16BrN3/c1-9-4-3-7-17-11(16-13(14)12(9)17)8-10-5-2-6-15-10/h3-4,7,10,15H,2,5-6,8H2,1H3. The average molecular weight is 294 g/mol. The highest BCUT2D eigenvalue weighted by Gasteiger charge is 2.18. The lowest BCUT2D eigenvalue weighted by molar-refractivity contribution is 0.584. The fourth-order valence-corrected chi connectivity index (χ4v) is 3.32. The number of pyridine rings is 1. The summed E-state index contributed by atoms with van der Waals surface area (Å²) >= 11 is 3.57. The SMILES string of the molecule is Cc1cccn2c(CC3CCCN3)nc(Br)c12. The summed E-state index contributed by atoms with van der Waals surface area (Å²) in [6.07, 6.45) is 5.66. The van der Waals surface area contributed by atoms with Gasteiger partial charge in [-0.15, -0.1) is 0 Å². The summed E-state index contributed by atoms with van der Waals surface area (Å²) in [7, 11) is 0. The monoisotopic (exact) mass is 293 g/mol. The molecule has 0 radical (unpaired) electrons. The summed E-state index contributed by atoms with van der Waals surface area (Å²) < 4.78 is 3.17. The number of aromatic nitrogens is 2. The first kappa shape index (κ1) is 11.2. The molecular formula is C13H16BrN3. The van der Waals surface area contributed by atoms with Gasteiger partial charge in [0.05, 0.1) is 5.52 Å². The Kier molecular flexibility index (Phi) is 2.92. The van der Waals surface area contributed by atoms with Crippen molar-refractivity contribution in [2.24, 2.45) is 0 Å². The Morgan fingerprint density at radius 1 is 1.59 bits per heavy atom. The summed E-state index contributed by atoms with van der Waals surface area (Å²) in [5, 5.41) is 3.53. The summed E-state index contributed by atoms with van der Waals surface area (Å²) in [4.78, 5) is 4.65. The number of hydrogen-bond donors (Lipinski definition) is 1. The topological polar surface area (TPSA) is 29.3 Å². The van der Waals surface area contributed by atoms with E-state index in [2.05, 4.69) is 55.9 Å². The average Bonchev–Trinajstić information content (AvgIpc) is 2.90. The number of hydrogen-bond acceptors (Lipinski definition) is 2. The molecule has 1 aliphatic heterocycles. The van der Waals surface area contributed by atoms with Crippen LogP contribution in [0.2, 0.25) is 0 Å². The summed E-state index contributed by atoms with van der Waals surface area (Å²) in [5.74, 6) is 1.15. The fraction of sp³-hybridized carbons (Fsp3) is 0.462. The van der Waals surface area contributed by atoms with Gasteiger partial charge < -0.3 is 9.72 Å². The van der Waals surface area contributed by atoms with Crippen molar-refractivity contribution < 1.29 is 0 Å². The van der Waals surface area contributed by atoms with Crippen LogP contribution in [0.1, 0.15) is 24.2 Å². The highest BCUT2D eigenvalue weighted by molar-refractivity contribution is 9.10. The van der Waals surface area contributed by atoms with Gasteiger partial charge in [-0.25, -0.2) is 4.98 Å². The molecule has 1 unspecified atom stereocenters. The third kappa shape index (κ3) is 2.00. The first-order valence-electron chi connectivity index (χ1n) is 6.11. The largest absolute Gasteiger partial charge is 0.314 e. The Morgan fingerprint density at radius 3 is 3.24 bits per heavy atom. The molecule has 0 spiro atoms. The normalized spacial score (nSPS) is 20.2. The fourth-order valence-electron chi connectivity index (χ4n) is 2.61. The third-order valence-electron chi connectivity index (χ3n) is 3.49. The number of fused-ring (bicyclic) bond motifs is 1. The second-order valence-corrected chi connectivity index (χ2v) is 5.48. The molecule has 1 saturated heterocycles. The van der Waals surface area contributed by atoms with Crippen LogP contribution in [0.5, 0.6) is 0 Å². The van der Waals surface area contributed by atoms with Crippen molar-refractivity contribution in [3.63, 3.8) is 0 Å². The van der Waals surface area contributed by atoms with Crippen LogP contribution in [0.25, 0.3) is 5.52 Å². The number of nitrogens with one attached hydrogen (secondary N) is 1. The molecule has 3 rings (SSSR count). The lowest BCUT2D eigenvalue weighted by atomic mass is 10.1. The highest BCUT2D eigenvalue weighted by atomic mass is 79.9. The van der Waals surface area contributed by atoms with Crippen LogP contribution < -0.4 is 5.32 Å². The predicted molar refractivity (Wildman–Crippen MR) is 72.4 cm³/mol. The van der Waals surface area contributed by atoms with Crippen molar-refractivity contribution >= 4 is 21.4 Å². The maximum atomic E-state index is 4.65. The highest BCUT2D eigenvalue weighted by Crippen LogP contribution is 2.23. The Labute approximate surface area is 109 Å². The van der Waals surface area contributed by atoms with Gasteiger partial charge in [0, 0.05) is 18.7 Å². The van der Waals surface area contributed by atoms with E-state index in [1.165, 1.54) is 23.9 Å². The lowest BCUT2D eigenvalue weighted by Gasteiger charge is -2.09. The molecule has 1 atom stereocenters. The van der Waals surface area contributed by atoms with E-state index in [0.29, 0.717) is 6.04 Å². The van der Waals surface area contributed by atoms with E-state index in [1.807, 2.05) is 0 Å². The molecule has 3 nitrogen and oxygen atoms in total. The summed E-state index contributed by atoms with van der Waals surface area (Å²) in [5.41, 5.74) is 2.46. The smallest absolute Gasteiger partial charge is 0.132 e. The van der Waals surface area contributed by atoms with Crippen molar-refractivity contribution in [3.05, 3.63) is 34.3 Å². The molecule has 1 fully saturated rings. The minimum Gasteiger partial charge on any atom is -0.314 e. The van der Waals surface area contributed by atoms with Crippen molar-refractivity contribution in [1.29, 1.82) is 0 Å². The molecule has 0 amide bonds.